The number of carbonyl (C=O) groups is 3. The lowest BCUT2D eigenvalue weighted by Gasteiger charge is -2.09. The van der Waals surface area contributed by atoms with Gasteiger partial charge in [0.2, 0.25) is 0 Å². The maximum absolute atomic E-state index is 14.4. The molecule has 2 rings (SSSR count). The highest BCUT2D eigenvalue weighted by Crippen LogP contribution is 2.33. The van der Waals surface area contributed by atoms with Gasteiger partial charge in [-0.1, -0.05) is 31.5 Å². The average molecular weight is 374 g/mol. The van der Waals surface area contributed by atoms with Crippen LogP contribution in [0.1, 0.15) is 53.2 Å². The zero-order chi connectivity index (χ0) is 20.0. The lowest BCUT2D eigenvalue weighted by molar-refractivity contribution is -0.117. The van der Waals surface area contributed by atoms with Crippen molar-refractivity contribution in [3.8, 4) is 11.1 Å². The zero-order valence-corrected chi connectivity index (χ0v) is 15.6. The lowest BCUT2D eigenvalue weighted by atomic mass is 9.97. The van der Waals surface area contributed by atoms with Gasteiger partial charge in [0.15, 0.2) is 0 Å². The number of rotatable bonds is 8. The van der Waals surface area contributed by atoms with Crippen LogP contribution in [0.15, 0.2) is 24.3 Å². The normalized spacial score (nSPS) is 10.5. The van der Waals surface area contributed by atoms with Gasteiger partial charge < -0.3 is 15.0 Å². The third-order valence-corrected chi connectivity index (χ3v) is 4.06. The van der Waals surface area contributed by atoms with Gasteiger partial charge in [0.05, 0.1) is 12.2 Å². The number of ether oxygens (including phenoxy) is 1. The molecule has 1 aromatic heterocycles. The first-order valence-corrected chi connectivity index (χ1v) is 8.89. The van der Waals surface area contributed by atoms with Crippen LogP contribution in [-0.2, 0) is 9.53 Å². The number of nitrogens with one attached hydrogen (secondary N) is 2. The molecule has 6 nitrogen and oxygen atoms in total. The summed E-state index contributed by atoms with van der Waals surface area (Å²) in [5.41, 5.74) is 0.340. The number of halogens is 1. The number of amides is 1. The molecule has 2 aromatic rings. The molecule has 0 aliphatic heterocycles. The van der Waals surface area contributed by atoms with Gasteiger partial charge in [-0.2, -0.15) is 0 Å². The number of benzene rings is 1. The first kappa shape index (κ1) is 20.4. The Morgan fingerprint density at radius 2 is 1.89 bits per heavy atom. The molecule has 1 amide bonds. The number of ketones is 1. The number of Topliss-reactive ketones (excluding diaryl/α,β-unsaturated/α-hetero) is 1. The minimum absolute atomic E-state index is 0.0414. The second kappa shape index (κ2) is 9.12. The zero-order valence-electron chi connectivity index (χ0n) is 15.6. The summed E-state index contributed by atoms with van der Waals surface area (Å²) in [4.78, 5) is 40.1. The summed E-state index contributed by atoms with van der Waals surface area (Å²) in [6.07, 6.45) is 1.60. The SMILES string of the molecule is CCCCNC(=O)C(=O)c1[nH]c(C)c(C(=O)OCC)c1-c1ccccc1F. The van der Waals surface area contributed by atoms with Crippen LogP contribution in [-0.4, -0.2) is 35.8 Å². The van der Waals surface area contributed by atoms with Crippen LogP contribution in [0.25, 0.3) is 11.1 Å². The molecule has 2 N–H and O–H groups in total. The van der Waals surface area contributed by atoms with Gasteiger partial charge in [-0.3, -0.25) is 9.59 Å². The van der Waals surface area contributed by atoms with Crippen molar-refractivity contribution in [3.63, 3.8) is 0 Å². The summed E-state index contributed by atoms with van der Waals surface area (Å²) in [5.74, 6) is -2.96. The van der Waals surface area contributed by atoms with E-state index in [0.29, 0.717) is 12.2 Å². The maximum atomic E-state index is 14.4. The highest BCUT2D eigenvalue weighted by Gasteiger charge is 2.30. The maximum Gasteiger partial charge on any atom is 0.340 e. The van der Waals surface area contributed by atoms with E-state index in [1.54, 1.807) is 19.9 Å². The van der Waals surface area contributed by atoms with Crippen LogP contribution in [0.2, 0.25) is 0 Å². The van der Waals surface area contributed by atoms with Crippen molar-refractivity contribution >= 4 is 17.7 Å². The minimum atomic E-state index is -0.858. The standard InChI is InChI=1S/C20H23FN2O4/c1-4-6-11-22-19(25)18(24)17-16(13-9-7-8-10-14(13)21)15(12(3)23-17)20(26)27-5-2/h7-10,23H,4-6,11H2,1-3H3,(H,22,25). The number of hydrogen-bond donors (Lipinski definition) is 2. The van der Waals surface area contributed by atoms with Crippen molar-refractivity contribution < 1.29 is 23.5 Å². The first-order chi connectivity index (χ1) is 12.9. The van der Waals surface area contributed by atoms with Gasteiger partial charge in [-0.25, -0.2) is 9.18 Å². The van der Waals surface area contributed by atoms with E-state index in [0.717, 1.165) is 12.8 Å². The van der Waals surface area contributed by atoms with Crippen LogP contribution < -0.4 is 5.32 Å². The predicted octanol–water partition coefficient (Wildman–Crippen LogP) is 3.40. The lowest BCUT2D eigenvalue weighted by Crippen LogP contribution is -2.32. The van der Waals surface area contributed by atoms with Crippen molar-refractivity contribution in [2.45, 2.75) is 33.6 Å². The van der Waals surface area contributed by atoms with Crippen molar-refractivity contribution in [2.75, 3.05) is 13.2 Å². The topological polar surface area (TPSA) is 88.3 Å². The summed E-state index contributed by atoms with van der Waals surface area (Å²) in [6.45, 7) is 5.67. The Bertz CT molecular complexity index is 858. The second-order valence-corrected chi connectivity index (χ2v) is 6.01. The molecule has 0 saturated carbocycles. The fourth-order valence-corrected chi connectivity index (χ4v) is 2.76. The highest BCUT2D eigenvalue weighted by molar-refractivity contribution is 6.43. The molecule has 1 aromatic carbocycles. The number of unbranched alkanes of at least 4 members (excludes halogenated alkanes) is 1. The summed E-state index contributed by atoms with van der Waals surface area (Å²) in [5, 5.41) is 2.54. The number of aryl methyl sites for hydroxylation is 1. The van der Waals surface area contributed by atoms with Crippen LogP contribution in [0.4, 0.5) is 4.39 Å². The van der Waals surface area contributed by atoms with E-state index in [4.69, 9.17) is 4.74 Å². The number of H-pyrrole nitrogens is 1. The number of aromatic amines is 1. The molecule has 0 fully saturated rings. The van der Waals surface area contributed by atoms with Crippen molar-refractivity contribution in [2.24, 2.45) is 0 Å². The molecule has 7 heteroatoms. The van der Waals surface area contributed by atoms with E-state index in [2.05, 4.69) is 10.3 Å². The van der Waals surface area contributed by atoms with E-state index >= 15 is 0 Å². The Balaban J connectivity index is 2.56. The smallest absolute Gasteiger partial charge is 0.340 e. The van der Waals surface area contributed by atoms with Crippen molar-refractivity contribution in [1.82, 2.24) is 10.3 Å². The molecule has 0 aliphatic carbocycles. The molecular formula is C20H23FN2O4. The van der Waals surface area contributed by atoms with Gasteiger partial charge in [0.25, 0.3) is 11.7 Å². The molecule has 0 saturated heterocycles. The van der Waals surface area contributed by atoms with E-state index in [9.17, 15) is 18.8 Å². The highest BCUT2D eigenvalue weighted by atomic mass is 19.1. The molecule has 0 bridgehead atoms. The fourth-order valence-electron chi connectivity index (χ4n) is 2.76. The summed E-state index contributed by atoms with van der Waals surface area (Å²) < 4.78 is 19.5. The molecular weight excluding hydrogens is 351 g/mol. The second-order valence-electron chi connectivity index (χ2n) is 6.01. The fraction of sp³-hybridized carbons (Fsp3) is 0.350. The Morgan fingerprint density at radius 3 is 2.52 bits per heavy atom. The minimum Gasteiger partial charge on any atom is -0.462 e. The van der Waals surface area contributed by atoms with E-state index in [-0.39, 0.29) is 29.0 Å². The summed E-state index contributed by atoms with van der Waals surface area (Å²) >= 11 is 0. The van der Waals surface area contributed by atoms with Crippen molar-refractivity contribution in [3.05, 3.63) is 47.0 Å². The summed E-state index contributed by atoms with van der Waals surface area (Å²) in [7, 11) is 0. The predicted molar refractivity (Wildman–Crippen MR) is 99.1 cm³/mol. The average Bonchev–Trinajstić information content (AvgIpc) is 2.98. The molecule has 27 heavy (non-hydrogen) atoms. The molecule has 0 atom stereocenters. The van der Waals surface area contributed by atoms with Gasteiger partial charge >= 0.3 is 5.97 Å². The monoisotopic (exact) mass is 374 g/mol. The third-order valence-electron chi connectivity index (χ3n) is 4.06. The Hall–Kier alpha value is -2.96. The Labute approximate surface area is 157 Å². The van der Waals surface area contributed by atoms with Gasteiger partial charge in [-0.05, 0) is 26.3 Å². The van der Waals surface area contributed by atoms with E-state index < -0.39 is 23.5 Å². The quantitative estimate of drug-likeness (QED) is 0.321. The van der Waals surface area contributed by atoms with Crippen LogP contribution in [0.3, 0.4) is 0 Å². The first-order valence-electron chi connectivity index (χ1n) is 8.89. The molecule has 144 valence electrons. The third kappa shape index (κ3) is 4.42. The van der Waals surface area contributed by atoms with Gasteiger partial charge in [0.1, 0.15) is 11.5 Å². The largest absolute Gasteiger partial charge is 0.462 e. The molecule has 0 spiro atoms. The number of aromatic nitrogens is 1. The van der Waals surface area contributed by atoms with Crippen molar-refractivity contribution in [1.29, 1.82) is 0 Å². The number of hydrogen-bond acceptors (Lipinski definition) is 4. The van der Waals surface area contributed by atoms with E-state index in [1.165, 1.54) is 18.2 Å². The number of esters is 1. The van der Waals surface area contributed by atoms with Gasteiger partial charge in [-0.15, -0.1) is 0 Å². The molecule has 0 radical (unpaired) electrons. The van der Waals surface area contributed by atoms with E-state index in [1.807, 2.05) is 6.92 Å². The molecule has 0 aliphatic rings. The Kier molecular flexibility index (Phi) is 6.87. The van der Waals surface area contributed by atoms with Crippen LogP contribution in [0, 0.1) is 12.7 Å². The number of carbonyl (C=O) groups excluding carboxylic acids is 3. The Morgan fingerprint density at radius 1 is 1.19 bits per heavy atom. The van der Waals surface area contributed by atoms with Crippen LogP contribution in [0.5, 0.6) is 0 Å². The summed E-state index contributed by atoms with van der Waals surface area (Å²) in [6, 6.07) is 5.77. The van der Waals surface area contributed by atoms with Crippen LogP contribution >= 0.6 is 0 Å². The molecule has 1 heterocycles. The molecule has 0 unspecified atom stereocenters. The van der Waals surface area contributed by atoms with Gasteiger partial charge in [0, 0.05) is 23.4 Å².